The summed E-state index contributed by atoms with van der Waals surface area (Å²) < 4.78 is 15.7. The van der Waals surface area contributed by atoms with Crippen molar-refractivity contribution in [3.8, 4) is 5.75 Å². The fraction of sp³-hybridized carbons (Fsp3) is 0.353. The van der Waals surface area contributed by atoms with Crippen molar-refractivity contribution in [2.24, 2.45) is 0 Å². The molecule has 0 fully saturated rings. The Bertz CT molecular complexity index is 563. The van der Waals surface area contributed by atoms with E-state index in [9.17, 15) is 4.79 Å². The van der Waals surface area contributed by atoms with Crippen LogP contribution in [-0.2, 0) is 16.0 Å². The molecule has 0 radical (unpaired) electrons. The maximum absolute atomic E-state index is 11.9. The molecule has 22 heavy (non-hydrogen) atoms. The smallest absolute Gasteiger partial charge is 0.220 e. The maximum atomic E-state index is 11.9. The molecule has 0 spiro atoms. The summed E-state index contributed by atoms with van der Waals surface area (Å²) >= 11 is 0. The number of ether oxygens (including phenoxy) is 2. The Hall–Kier alpha value is -2.27. The topological polar surface area (TPSA) is 60.7 Å². The van der Waals surface area contributed by atoms with Crippen LogP contribution >= 0.6 is 0 Å². The number of amides is 1. The molecule has 1 atom stereocenters. The van der Waals surface area contributed by atoms with E-state index in [1.807, 2.05) is 30.3 Å². The Labute approximate surface area is 130 Å². The molecule has 0 aliphatic heterocycles. The standard InChI is InChI=1S/C17H21NO4/c1-20-14-8-5-13(6-9-14)7-10-17(19)18-12-16(21-2)15-4-3-11-22-15/h3-6,8-9,11,16H,7,10,12H2,1-2H3,(H,18,19)/t16-/m1/s1. The summed E-state index contributed by atoms with van der Waals surface area (Å²) in [7, 11) is 3.23. The third kappa shape index (κ3) is 4.63. The number of methoxy groups -OCH3 is 2. The van der Waals surface area contributed by atoms with Crippen molar-refractivity contribution in [3.63, 3.8) is 0 Å². The van der Waals surface area contributed by atoms with Gasteiger partial charge in [-0.3, -0.25) is 4.79 Å². The Kier molecular flexibility index (Phi) is 6.03. The van der Waals surface area contributed by atoms with Gasteiger partial charge in [0.2, 0.25) is 5.91 Å². The normalized spacial score (nSPS) is 11.9. The summed E-state index contributed by atoms with van der Waals surface area (Å²) in [6, 6.07) is 11.3. The van der Waals surface area contributed by atoms with E-state index in [0.29, 0.717) is 25.1 Å². The molecule has 5 heteroatoms. The van der Waals surface area contributed by atoms with E-state index in [0.717, 1.165) is 11.3 Å². The Morgan fingerprint density at radius 3 is 2.59 bits per heavy atom. The number of carbonyl (C=O) groups is 1. The van der Waals surface area contributed by atoms with Crippen LogP contribution in [0.4, 0.5) is 0 Å². The van der Waals surface area contributed by atoms with Gasteiger partial charge in [-0.05, 0) is 36.2 Å². The van der Waals surface area contributed by atoms with Gasteiger partial charge in [0.05, 0.1) is 19.9 Å². The highest BCUT2D eigenvalue weighted by Crippen LogP contribution is 2.16. The Morgan fingerprint density at radius 2 is 2.00 bits per heavy atom. The fourth-order valence-corrected chi connectivity index (χ4v) is 2.12. The number of rotatable bonds is 8. The van der Waals surface area contributed by atoms with Gasteiger partial charge in [-0.25, -0.2) is 0 Å². The van der Waals surface area contributed by atoms with Crippen LogP contribution in [0.15, 0.2) is 47.1 Å². The largest absolute Gasteiger partial charge is 0.497 e. The molecule has 1 aromatic carbocycles. The number of carbonyl (C=O) groups excluding carboxylic acids is 1. The van der Waals surface area contributed by atoms with Crippen molar-refractivity contribution in [1.29, 1.82) is 0 Å². The third-order valence-electron chi connectivity index (χ3n) is 3.43. The van der Waals surface area contributed by atoms with Gasteiger partial charge in [-0.2, -0.15) is 0 Å². The number of aryl methyl sites for hydroxylation is 1. The first-order valence-electron chi connectivity index (χ1n) is 7.18. The molecule has 5 nitrogen and oxygen atoms in total. The molecule has 0 aliphatic carbocycles. The van der Waals surface area contributed by atoms with Gasteiger partial charge in [0.25, 0.3) is 0 Å². The molecule has 118 valence electrons. The Morgan fingerprint density at radius 1 is 1.23 bits per heavy atom. The molecule has 0 unspecified atom stereocenters. The summed E-state index contributed by atoms with van der Waals surface area (Å²) in [6.45, 7) is 0.394. The van der Waals surface area contributed by atoms with Crippen LogP contribution in [0.2, 0.25) is 0 Å². The molecule has 1 aromatic heterocycles. The number of furan rings is 1. The molecule has 1 N–H and O–H groups in total. The minimum Gasteiger partial charge on any atom is -0.497 e. The summed E-state index contributed by atoms with van der Waals surface area (Å²) in [5.41, 5.74) is 1.10. The molecule has 1 heterocycles. The lowest BCUT2D eigenvalue weighted by molar-refractivity contribution is -0.121. The average molecular weight is 303 g/mol. The van der Waals surface area contributed by atoms with Crippen LogP contribution in [0.1, 0.15) is 23.8 Å². The van der Waals surface area contributed by atoms with Crippen molar-refractivity contribution < 1.29 is 18.7 Å². The SMILES string of the molecule is COc1ccc(CCC(=O)NC[C@@H](OC)c2ccco2)cc1. The molecular formula is C17H21NO4. The minimum atomic E-state index is -0.264. The molecular weight excluding hydrogens is 282 g/mol. The monoisotopic (exact) mass is 303 g/mol. The van der Waals surface area contributed by atoms with E-state index in [1.165, 1.54) is 0 Å². The van der Waals surface area contributed by atoms with Gasteiger partial charge >= 0.3 is 0 Å². The maximum Gasteiger partial charge on any atom is 0.220 e. The van der Waals surface area contributed by atoms with Crippen molar-refractivity contribution in [2.75, 3.05) is 20.8 Å². The zero-order valence-electron chi connectivity index (χ0n) is 12.9. The first kappa shape index (κ1) is 16.1. The van der Waals surface area contributed by atoms with Gasteiger partial charge in [0, 0.05) is 13.5 Å². The van der Waals surface area contributed by atoms with Crippen molar-refractivity contribution in [3.05, 3.63) is 54.0 Å². The van der Waals surface area contributed by atoms with Crippen LogP contribution in [-0.4, -0.2) is 26.7 Å². The van der Waals surface area contributed by atoms with Crippen LogP contribution in [0.5, 0.6) is 5.75 Å². The zero-order chi connectivity index (χ0) is 15.8. The summed E-state index contributed by atoms with van der Waals surface area (Å²) in [6.07, 6.45) is 2.45. The molecule has 0 saturated heterocycles. The van der Waals surface area contributed by atoms with Crippen LogP contribution in [0, 0.1) is 0 Å². The first-order chi connectivity index (χ1) is 10.7. The molecule has 2 rings (SSSR count). The second-order valence-electron chi connectivity index (χ2n) is 4.89. The van der Waals surface area contributed by atoms with E-state index >= 15 is 0 Å². The highest BCUT2D eigenvalue weighted by atomic mass is 16.5. The number of hydrogen-bond acceptors (Lipinski definition) is 4. The van der Waals surface area contributed by atoms with E-state index in [2.05, 4.69) is 5.32 Å². The summed E-state index contributed by atoms with van der Waals surface area (Å²) in [5, 5.41) is 2.87. The number of nitrogens with one attached hydrogen (secondary N) is 1. The summed E-state index contributed by atoms with van der Waals surface area (Å²) in [4.78, 5) is 11.9. The second-order valence-corrected chi connectivity index (χ2v) is 4.89. The van der Waals surface area contributed by atoms with E-state index in [4.69, 9.17) is 13.9 Å². The van der Waals surface area contributed by atoms with E-state index in [1.54, 1.807) is 26.5 Å². The molecule has 0 saturated carbocycles. The van der Waals surface area contributed by atoms with Crippen LogP contribution in [0.3, 0.4) is 0 Å². The van der Waals surface area contributed by atoms with Crippen LogP contribution in [0.25, 0.3) is 0 Å². The lowest BCUT2D eigenvalue weighted by atomic mass is 10.1. The van der Waals surface area contributed by atoms with Gasteiger partial charge in [0.15, 0.2) is 0 Å². The van der Waals surface area contributed by atoms with Crippen molar-refractivity contribution in [2.45, 2.75) is 18.9 Å². The molecule has 0 aliphatic rings. The zero-order valence-corrected chi connectivity index (χ0v) is 12.9. The lowest BCUT2D eigenvalue weighted by Crippen LogP contribution is -2.29. The summed E-state index contributed by atoms with van der Waals surface area (Å²) in [5.74, 6) is 1.51. The van der Waals surface area contributed by atoms with Gasteiger partial charge < -0.3 is 19.2 Å². The predicted molar refractivity (Wildman–Crippen MR) is 82.8 cm³/mol. The van der Waals surface area contributed by atoms with Gasteiger partial charge in [-0.1, -0.05) is 12.1 Å². The number of hydrogen-bond donors (Lipinski definition) is 1. The van der Waals surface area contributed by atoms with E-state index < -0.39 is 0 Å². The minimum absolute atomic E-state index is 0.00979. The lowest BCUT2D eigenvalue weighted by Gasteiger charge is -2.13. The van der Waals surface area contributed by atoms with Crippen LogP contribution < -0.4 is 10.1 Å². The van der Waals surface area contributed by atoms with Crippen molar-refractivity contribution >= 4 is 5.91 Å². The fourth-order valence-electron chi connectivity index (χ4n) is 2.12. The predicted octanol–water partition coefficient (Wildman–Crippen LogP) is 2.72. The third-order valence-corrected chi connectivity index (χ3v) is 3.43. The first-order valence-corrected chi connectivity index (χ1v) is 7.18. The number of benzene rings is 1. The highest BCUT2D eigenvalue weighted by Gasteiger charge is 2.14. The molecule has 2 aromatic rings. The molecule has 0 bridgehead atoms. The van der Waals surface area contributed by atoms with Crippen molar-refractivity contribution in [1.82, 2.24) is 5.32 Å². The highest BCUT2D eigenvalue weighted by molar-refractivity contribution is 5.76. The Balaban J connectivity index is 1.75. The molecule has 1 amide bonds. The quantitative estimate of drug-likeness (QED) is 0.814. The van der Waals surface area contributed by atoms with E-state index in [-0.39, 0.29) is 12.0 Å². The average Bonchev–Trinajstić information content (AvgIpc) is 3.08. The van der Waals surface area contributed by atoms with Gasteiger partial charge in [-0.15, -0.1) is 0 Å². The van der Waals surface area contributed by atoms with Gasteiger partial charge in [0.1, 0.15) is 17.6 Å². The second kappa shape index (κ2) is 8.24.